The third-order valence-corrected chi connectivity index (χ3v) is 3.88. The van der Waals surface area contributed by atoms with Crippen LogP contribution in [0.5, 0.6) is 0 Å². The maximum Gasteiger partial charge on any atom is 0.358 e. The van der Waals surface area contributed by atoms with Crippen LogP contribution in [0, 0.1) is 5.82 Å². The molecule has 1 aromatic heterocycles. The fourth-order valence-electron chi connectivity index (χ4n) is 2.10. The number of hydrogen-bond donors (Lipinski definition) is 1. The van der Waals surface area contributed by atoms with Gasteiger partial charge < -0.3 is 10.5 Å². The molecular weight excluding hydrogens is 330 g/mol. The van der Waals surface area contributed by atoms with E-state index in [1.165, 1.54) is 19.2 Å². The molecule has 0 amide bonds. The van der Waals surface area contributed by atoms with Crippen molar-refractivity contribution in [3.05, 3.63) is 45.3 Å². The Bertz CT molecular complexity index is 751. The number of nitrogens with zero attached hydrogens (tertiary/aromatic N) is 1. The van der Waals surface area contributed by atoms with Gasteiger partial charge in [0.15, 0.2) is 5.69 Å². The molecule has 0 aliphatic rings. The standard InChI is InChI=1S/C15H13Cl2FN2O2/c1-3-7-8(4-5-9(16)13(7)18)11-6-10(19)12(17)14(20-11)15(21)22-2/h4-6H,3H2,1-2H3,(H2,19,20). The first-order chi connectivity index (χ1) is 10.4. The Kier molecular flexibility index (Phi) is 4.88. The maximum atomic E-state index is 14.1. The number of pyridine rings is 1. The Balaban J connectivity index is 2.71. The van der Waals surface area contributed by atoms with Crippen molar-refractivity contribution in [2.45, 2.75) is 13.3 Å². The Labute approximate surface area is 137 Å². The van der Waals surface area contributed by atoms with Gasteiger partial charge in [0.05, 0.1) is 28.5 Å². The molecule has 0 bridgehead atoms. The molecule has 0 atom stereocenters. The van der Waals surface area contributed by atoms with Crippen LogP contribution in [0.4, 0.5) is 10.1 Å². The molecule has 0 spiro atoms. The molecule has 22 heavy (non-hydrogen) atoms. The Morgan fingerprint density at radius 1 is 1.41 bits per heavy atom. The van der Waals surface area contributed by atoms with Crippen LogP contribution in [0.1, 0.15) is 23.0 Å². The molecule has 0 saturated carbocycles. The van der Waals surface area contributed by atoms with Crippen LogP contribution in [0.25, 0.3) is 11.3 Å². The summed E-state index contributed by atoms with van der Waals surface area (Å²) in [6, 6.07) is 4.53. The second-order valence-corrected chi connectivity index (χ2v) is 5.28. The molecule has 4 nitrogen and oxygen atoms in total. The van der Waals surface area contributed by atoms with E-state index in [0.717, 1.165) is 0 Å². The number of nitrogens with two attached hydrogens (primary N) is 1. The number of aromatic nitrogens is 1. The number of ether oxygens (including phenoxy) is 1. The molecule has 2 rings (SSSR count). The van der Waals surface area contributed by atoms with Crippen LogP contribution in [-0.4, -0.2) is 18.1 Å². The number of carbonyl (C=O) groups excluding carboxylic acids is 1. The molecule has 1 aromatic carbocycles. The van der Waals surface area contributed by atoms with Crippen molar-refractivity contribution in [2.24, 2.45) is 0 Å². The average Bonchev–Trinajstić information content (AvgIpc) is 2.51. The van der Waals surface area contributed by atoms with Crippen molar-refractivity contribution < 1.29 is 13.9 Å². The van der Waals surface area contributed by atoms with Crippen molar-refractivity contribution in [3.63, 3.8) is 0 Å². The summed E-state index contributed by atoms with van der Waals surface area (Å²) in [5, 5.41) is 0.0267. The number of esters is 1. The number of hydrogen-bond acceptors (Lipinski definition) is 4. The van der Waals surface area contributed by atoms with Crippen molar-refractivity contribution in [3.8, 4) is 11.3 Å². The molecule has 0 saturated heterocycles. The summed E-state index contributed by atoms with van der Waals surface area (Å²) >= 11 is 11.8. The molecule has 116 valence electrons. The molecule has 1 heterocycles. The van der Waals surface area contributed by atoms with Crippen LogP contribution in [0.3, 0.4) is 0 Å². The average molecular weight is 343 g/mol. The van der Waals surface area contributed by atoms with E-state index >= 15 is 0 Å². The fraction of sp³-hybridized carbons (Fsp3) is 0.200. The van der Waals surface area contributed by atoms with E-state index in [9.17, 15) is 9.18 Å². The minimum Gasteiger partial charge on any atom is -0.464 e. The lowest BCUT2D eigenvalue weighted by Gasteiger charge is -2.12. The van der Waals surface area contributed by atoms with Gasteiger partial charge >= 0.3 is 5.97 Å². The topological polar surface area (TPSA) is 65.2 Å². The minimum absolute atomic E-state index is 0.00286. The molecule has 0 aliphatic heterocycles. The highest BCUT2D eigenvalue weighted by molar-refractivity contribution is 6.35. The van der Waals surface area contributed by atoms with Crippen molar-refractivity contribution in [1.82, 2.24) is 4.98 Å². The normalized spacial score (nSPS) is 10.6. The van der Waals surface area contributed by atoms with Crippen molar-refractivity contribution >= 4 is 34.9 Å². The van der Waals surface area contributed by atoms with Gasteiger partial charge in [0.2, 0.25) is 0 Å². The maximum absolute atomic E-state index is 14.1. The quantitative estimate of drug-likeness (QED) is 0.851. The van der Waals surface area contributed by atoms with Gasteiger partial charge in [-0.05, 0) is 24.1 Å². The summed E-state index contributed by atoms with van der Waals surface area (Å²) in [4.78, 5) is 15.9. The van der Waals surface area contributed by atoms with Gasteiger partial charge in [0.1, 0.15) is 5.82 Å². The highest BCUT2D eigenvalue weighted by Gasteiger charge is 2.20. The molecule has 0 fully saturated rings. The molecular formula is C15H13Cl2FN2O2. The van der Waals surface area contributed by atoms with Crippen molar-refractivity contribution in [1.29, 1.82) is 0 Å². The smallest absolute Gasteiger partial charge is 0.358 e. The SMILES string of the molecule is CCc1c(-c2cc(N)c(Cl)c(C(=O)OC)n2)ccc(Cl)c1F. The first kappa shape index (κ1) is 16.5. The lowest BCUT2D eigenvalue weighted by atomic mass is 10.0. The summed E-state index contributed by atoms with van der Waals surface area (Å²) in [7, 11) is 1.21. The Hall–Kier alpha value is -1.85. The van der Waals surface area contributed by atoms with Gasteiger partial charge in [0.25, 0.3) is 0 Å². The van der Waals surface area contributed by atoms with Gasteiger partial charge in [-0.15, -0.1) is 0 Å². The van der Waals surface area contributed by atoms with Crippen LogP contribution in [-0.2, 0) is 11.2 Å². The second kappa shape index (κ2) is 6.50. The lowest BCUT2D eigenvalue weighted by Crippen LogP contribution is -2.08. The summed E-state index contributed by atoms with van der Waals surface area (Å²) in [6.07, 6.45) is 0.402. The molecule has 7 heteroatoms. The lowest BCUT2D eigenvalue weighted by molar-refractivity contribution is 0.0594. The molecule has 2 aromatic rings. The van der Waals surface area contributed by atoms with Gasteiger partial charge in [-0.1, -0.05) is 36.2 Å². The number of anilines is 1. The Morgan fingerprint density at radius 2 is 2.09 bits per heavy atom. The van der Waals surface area contributed by atoms with E-state index in [-0.39, 0.29) is 21.4 Å². The monoisotopic (exact) mass is 342 g/mol. The van der Waals surface area contributed by atoms with E-state index in [1.807, 2.05) is 0 Å². The highest BCUT2D eigenvalue weighted by atomic mass is 35.5. The fourth-order valence-corrected chi connectivity index (χ4v) is 2.45. The van der Waals surface area contributed by atoms with Crippen molar-refractivity contribution in [2.75, 3.05) is 12.8 Å². The Morgan fingerprint density at radius 3 is 2.68 bits per heavy atom. The van der Waals surface area contributed by atoms with E-state index in [4.69, 9.17) is 28.9 Å². The first-order valence-electron chi connectivity index (χ1n) is 6.42. The predicted molar refractivity (Wildman–Crippen MR) is 84.8 cm³/mol. The second-order valence-electron chi connectivity index (χ2n) is 4.49. The molecule has 2 N–H and O–H groups in total. The molecule has 0 radical (unpaired) electrons. The van der Waals surface area contributed by atoms with E-state index in [0.29, 0.717) is 23.2 Å². The van der Waals surface area contributed by atoms with Crippen LogP contribution in [0.2, 0.25) is 10.0 Å². The number of rotatable bonds is 3. The number of nitrogen functional groups attached to an aromatic ring is 1. The van der Waals surface area contributed by atoms with E-state index in [1.54, 1.807) is 13.0 Å². The highest BCUT2D eigenvalue weighted by Crippen LogP contribution is 2.33. The number of methoxy groups -OCH3 is 1. The first-order valence-corrected chi connectivity index (χ1v) is 7.17. The third-order valence-electron chi connectivity index (χ3n) is 3.19. The van der Waals surface area contributed by atoms with Gasteiger partial charge in [-0.3, -0.25) is 0 Å². The van der Waals surface area contributed by atoms with Gasteiger partial charge in [-0.25, -0.2) is 14.2 Å². The predicted octanol–water partition coefficient (Wildman–Crippen LogP) is 4.13. The number of carbonyl (C=O) groups is 1. The summed E-state index contributed by atoms with van der Waals surface area (Å²) in [5.74, 6) is -1.23. The zero-order chi connectivity index (χ0) is 16.4. The summed E-state index contributed by atoms with van der Waals surface area (Å²) in [6.45, 7) is 1.79. The summed E-state index contributed by atoms with van der Waals surface area (Å²) < 4.78 is 18.8. The minimum atomic E-state index is -0.717. The van der Waals surface area contributed by atoms with Gasteiger partial charge in [-0.2, -0.15) is 0 Å². The molecule has 0 aliphatic carbocycles. The van der Waals surface area contributed by atoms with Crippen LogP contribution < -0.4 is 5.73 Å². The largest absolute Gasteiger partial charge is 0.464 e. The third kappa shape index (κ3) is 2.87. The van der Waals surface area contributed by atoms with Crippen LogP contribution in [0.15, 0.2) is 18.2 Å². The number of benzene rings is 1. The zero-order valence-electron chi connectivity index (χ0n) is 11.9. The number of halogens is 3. The zero-order valence-corrected chi connectivity index (χ0v) is 13.4. The van der Waals surface area contributed by atoms with E-state index < -0.39 is 11.8 Å². The molecule has 0 unspecified atom stereocenters. The van der Waals surface area contributed by atoms with Crippen LogP contribution >= 0.6 is 23.2 Å². The van der Waals surface area contributed by atoms with Gasteiger partial charge in [0, 0.05) is 5.56 Å². The summed E-state index contributed by atoms with van der Waals surface area (Å²) in [5.41, 5.74) is 7.07. The van der Waals surface area contributed by atoms with E-state index in [2.05, 4.69) is 9.72 Å².